The van der Waals surface area contributed by atoms with E-state index in [1.54, 1.807) is 0 Å². The molecule has 0 unspecified atom stereocenters. The lowest BCUT2D eigenvalue weighted by Crippen LogP contribution is -2.29. The lowest BCUT2D eigenvalue weighted by Gasteiger charge is -2.28. The van der Waals surface area contributed by atoms with E-state index < -0.39 is 5.41 Å². The van der Waals surface area contributed by atoms with E-state index >= 15 is 0 Å². The molecular weight excluding hydrogens is 242 g/mol. The van der Waals surface area contributed by atoms with Crippen molar-refractivity contribution in [2.75, 3.05) is 27.2 Å². The number of esters is 1. The fourth-order valence-electron chi connectivity index (χ4n) is 2.96. The van der Waals surface area contributed by atoms with Crippen LogP contribution in [0.15, 0.2) is 6.20 Å². The first-order valence-electron chi connectivity index (χ1n) is 6.98. The van der Waals surface area contributed by atoms with Gasteiger partial charge in [-0.25, -0.2) is 4.98 Å². The number of aromatic amines is 1. The Morgan fingerprint density at radius 2 is 2.16 bits per heavy atom. The zero-order chi connectivity index (χ0) is 13.5. The molecule has 1 aliphatic carbocycles. The molecule has 0 aromatic carbocycles. The van der Waals surface area contributed by atoms with Crippen LogP contribution < -0.4 is 0 Å². The SMILES string of the molecule is COC(=O)C1(c2ncc(C3CCN(C)CC3)[nH]2)CC1. The van der Waals surface area contributed by atoms with E-state index in [-0.39, 0.29) is 5.97 Å². The van der Waals surface area contributed by atoms with Gasteiger partial charge in [0, 0.05) is 17.8 Å². The second-order valence-corrected chi connectivity index (χ2v) is 5.84. The maximum absolute atomic E-state index is 11.8. The van der Waals surface area contributed by atoms with Crippen molar-refractivity contribution in [1.29, 1.82) is 0 Å². The van der Waals surface area contributed by atoms with E-state index in [2.05, 4.69) is 21.9 Å². The summed E-state index contributed by atoms with van der Waals surface area (Å²) in [7, 11) is 3.61. The van der Waals surface area contributed by atoms with Gasteiger partial charge in [0.2, 0.25) is 0 Å². The molecule has 5 heteroatoms. The van der Waals surface area contributed by atoms with Crippen LogP contribution in [0.5, 0.6) is 0 Å². The summed E-state index contributed by atoms with van der Waals surface area (Å²) in [6.07, 6.45) is 5.92. The van der Waals surface area contributed by atoms with Gasteiger partial charge >= 0.3 is 5.97 Å². The summed E-state index contributed by atoms with van der Waals surface area (Å²) in [6.45, 7) is 2.25. The van der Waals surface area contributed by atoms with Gasteiger partial charge in [0.05, 0.1) is 7.11 Å². The number of methoxy groups -OCH3 is 1. The highest BCUT2D eigenvalue weighted by Gasteiger charge is 2.55. The predicted molar refractivity (Wildman–Crippen MR) is 71.0 cm³/mol. The molecule has 19 heavy (non-hydrogen) atoms. The number of hydrogen-bond acceptors (Lipinski definition) is 4. The van der Waals surface area contributed by atoms with Crippen molar-refractivity contribution in [1.82, 2.24) is 14.9 Å². The van der Waals surface area contributed by atoms with Gasteiger partial charge in [0.15, 0.2) is 0 Å². The molecule has 0 radical (unpaired) electrons. The molecule has 2 fully saturated rings. The normalized spacial score (nSPS) is 23.3. The van der Waals surface area contributed by atoms with E-state index in [4.69, 9.17) is 4.74 Å². The largest absolute Gasteiger partial charge is 0.468 e. The molecule has 0 bridgehead atoms. The highest BCUT2D eigenvalue weighted by molar-refractivity contribution is 5.85. The molecule has 0 spiro atoms. The summed E-state index contributed by atoms with van der Waals surface area (Å²) in [6, 6.07) is 0. The molecule has 0 atom stereocenters. The Morgan fingerprint density at radius 3 is 2.74 bits per heavy atom. The number of carbonyl (C=O) groups excluding carboxylic acids is 1. The van der Waals surface area contributed by atoms with E-state index in [1.807, 2.05) is 6.20 Å². The summed E-state index contributed by atoms with van der Waals surface area (Å²) in [5, 5.41) is 0. The number of likely N-dealkylation sites (tertiary alicyclic amines) is 1. The number of H-pyrrole nitrogens is 1. The summed E-state index contributed by atoms with van der Waals surface area (Å²) in [5.41, 5.74) is 0.705. The molecule has 2 heterocycles. The van der Waals surface area contributed by atoms with Gasteiger partial charge in [-0.1, -0.05) is 0 Å². The van der Waals surface area contributed by atoms with E-state index in [1.165, 1.54) is 12.8 Å². The van der Waals surface area contributed by atoms with E-state index in [0.717, 1.165) is 44.6 Å². The van der Waals surface area contributed by atoms with Crippen LogP contribution in [0, 0.1) is 0 Å². The minimum atomic E-state index is -0.474. The fourth-order valence-corrected chi connectivity index (χ4v) is 2.96. The Bertz CT molecular complexity index is 471. The monoisotopic (exact) mass is 263 g/mol. The van der Waals surface area contributed by atoms with Gasteiger partial charge in [0.25, 0.3) is 0 Å². The summed E-state index contributed by atoms with van der Waals surface area (Å²) < 4.78 is 4.90. The van der Waals surface area contributed by atoms with Gasteiger partial charge in [-0.05, 0) is 45.8 Å². The Balaban J connectivity index is 1.75. The maximum Gasteiger partial charge on any atom is 0.319 e. The number of nitrogens with zero attached hydrogens (tertiary/aromatic N) is 2. The molecule has 1 aliphatic heterocycles. The number of piperidine rings is 1. The molecule has 104 valence electrons. The number of aromatic nitrogens is 2. The lowest BCUT2D eigenvalue weighted by atomic mass is 9.94. The van der Waals surface area contributed by atoms with Crippen LogP contribution in [0.25, 0.3) is 0 Å². The quantitative estimate of drug-likeness (QED) is 0.838. The van der Waals surface area contributed by atoms with Crippen LogP contribution in [-0.2, 0) is 14.9 Å². The van der Waals surface area contributed by atoms with Crippen molar-refractivity contribution in [3.63, 3.8) is 0 Å². The third-order valence-electron chi connectivity index (χ3n) is 4.53. The first-order chi connectivity index (χ1) is 9.15. The molecule has 1 saturated carbocycles. The number of carbonyl (C=O) groups is 1. The number of nitrogens with one attached hydrogen (secondary N) is 1. The van der Waals surface area contributed by atoms with Crippen LogP contribution >= 0.6 is 0 Å². The van der Waals surface area contributed by atoms with Crippen molar-refractivity contribution < 1.29 is 9.53 Å². The first kappa shape index (κ1) is 12.7. The first-order valence-corrected chi connectivity index (χ1v) is 6.98. The number of hydrogen-bond donors (Lipinski definition) is 1. The minimum absolute atomic E-state index is 0.156. The van der Waals surface area contributed by atoms with Crippen molar-refractivity contribution in [2.45, 2.75) is 37.0 Å². The Morgan fingerprint density at radius 1 is 1.47 bits per heavy atom. The number of rotatable bonds is 3. The second kappa shape index (κ2) is 4.63. The van der Waals surface area contributed by atoms with Gasteiger partial charge in [-0.3, -0.25) is 4.79 Å². The average molecular weight is 263 g/mol. The molecular formula is C14H21N3O2. The third-order valence-corrected chi connectivity index (χ3v) is 4.53. The molecule has 0 amide bonds. The van der Waals surface area contributed by atoms with Crippen LogP contribution in [-0.4, -0.2) is 48.1 Å². The maximum atomic E-state index is 11.8. The Hall–Kier alpha value is -1.36. The summed E-state index contributed by atoms with van der Waals surface area (Å²) in [4.78, 5) is 22.0. The zero-order valence-electron chi connectivity index (χ0n) is 11.6. The molecule has 3 rings (SSSR count). The van der Waals surface area contributed by atoms with Crippen LogP contribution in [0.4, 0.5) is 0 Å². The molecule has 1 saturated heterocycles. The standard InChI is InChI=1S/C14H21N3O2/c1-17-7-3-10(4-8-17)11-9-15-12(16-11)14(5-6-14)13(18)19-2/h9-10H,3-8H2,1-2H3,(H,15,16). The van der Waals surface area contributed by atoms with Crippen LogP contribution in [0.3, 0.4) is 0 Å². The van der Waals surface area contributed by atoms with E-state index in [9.17, 15) is 4.79 Å². The lowest BCUT2D eigenvalue weighted by molar-refractivity contribution is -0.143. The highest BCUT2D eigenvalue weighted by Crippen LogP contribution is 2.48. The molecule has 1 N–H and O–H groups in total. The Kier molecular flexibility index (Phi) is 3.09. The topological polar surface area (TPSA) is 58.2 Å². The Labute approximate surface area is 113 Å². The molecule has 1 aromatic heterocycles. The average Bonchev–Trinajstić information content (AvgIpc) is 3.10. The fraction of sp³-hybridized carbons (Fsp3) is 0.714. The number of imidazole rings is 1. The molecule has 2 aliphatic rings. The smallest absolute Gasteiger partial charge is 0.319 e. The molecule has 1 aromatic rings. The third kappa shape index (κ3) is 2.16. The zero-order valence-corrected chi connectivity index (χ0v) is 11.6. The van der Waals surface area contributed by atoms with Crippen molar-refractivity contribution >= 4 is 5.97 Å². The van der Waals surface area contributed by atoms with Gasteiger partial charge < -0.3 is 14.6 Å². The van der Waals surface area contributed by atoms with Crippen molar-refractivity contribution in [3.8, 4) is 0 Å². The minimum Gasteiger partial charge on any atom is -0.468 e. The van der Waals surface area contributed by atoms with Crippen LogP contribution in [0.1, 0.15) is 43.1 Å². The summed E-state index contributed by atoms with van der Waals surface area (Å²) in [5.74, 6) is 1.19. The molecule has 5 nitrogen and oxygen atoms in total. The van der Waals surface area contributed by atoms with Gasteiger partial charge in [0.1, 0.15) is 11.2 Å². The van der Waals surface area contributed by atoms with Crippen molar-refractivity contribution in [3.05, 3.63) is 17.7 Å². The second-order valence-electron chi connectivity index (χ2n) is 5.84. The number of ether oxygens (including phenoxy) is 1. The van der Waals surface area contributed by atoms with E-state index in [0.29, 0.717) is 5.92 Å². The van der Waals surface area contributed by atoms with Gasteiger partial charge in [-0.15, -0.1) is 0 Å². The van der Waals surface area contributed by atoms with Gasteiger partial charge in [-0.2, -0.15) is 0 Å². The van der Waals surface area contributed by atoms with Crippen molar-refractivity contribution in [2.24, 2.45) is 0 Å². The van der Waals surface area contributed by atoms with Crippen LogP contribution in [0.2, 0.25) is 0 Å². The summed E-state index contributed by atoms with van der Waals surface area (Å²) >= 11 is 0. The highest BCUT2D eigenvalue weighted by atomic mass is 16.5. The predicted octanol–water partition coefficient (Wildman–Crippen LogP) is 1.42.